The molecule has 0 fully saturated rings. The highest BCUT2D eigenvalue weighted by Gasteiger charge is 2.14. The van der Waals surface area contributed by atoms with E-state index in [1.807, 2.05) is 6.07 Å². The van der Waals surface area contributed by atoms with E-state index in [1.54, 1.807) is 19.2 Å². The average Bonchev–Trinajstić information content (AvgIpc) is 2.45. The number of aromatic nitrogens is 1. The number of carbonyl (C=O) groups excluding carboxylic acids is 1. The number of aryl methyl sites for hydroxylation is 1. The first-order chi connectivity index (χ1) is 6.20. The monoisotopic (exact) mass is 176 g/mol. The molecule has 4 nitrogen and oxygen atoms in total. The standard InChI is InChI=1S/C9H8N2O2/c1-5-6-3-2-4-11-9(6)13-7(5)8(10)12/h2-4H,1H3,(H2,10,12). The summed E-state index contributed by atoms with van der Waals surface area (Å²) in [5, 5.41) is 0.830. The third kappa shape index (κ3) is 1.07. The highest BCUT2D eigenvalue weighted by atomic mass is 16.4. The van der Waals surface area contributed by atoms with Gasteiger partial charge in [0.25, 0.3) is 5.91 Å². The molecule has 2 rings (SSSR count). The molecule has 2 N–H and O–H groups in total. The van der Waals surface area contributed by atoms with Crippen LogP contribution in [0.5, 0.6) is 0 Å². The Morgan fingerprint density at radius 2 is 2.38 bits per heavy atom. The maximum absolute atomic E-state index is 10.9. The lowest BCUT2D eigenvalue weighted by Gasteiger charge is -1.87. The minimum Gasteiger partial charge on any atom is -0.432 e. The Labute approximate surface area is 74.4 Å². The number of furan rings is 1. The van der Waals surface area contributed by atoms with Crippen molar-refractivity contribution in [3.05, 3.63) is 29.7 Å². The predicted molar refractivity (Wildman–Crippen MR) is 47.3 cm³/mol. The second kappa shape index (κ2) is 2.58. The smallest absolute Gasteiger partial charge is 0.284 e. The van der Waals surface area contributed by atoms with Crippen molar-refractivity contribution >= 4 is 17.0 Å². The molecule has 2 aromatic heterocycles. The van der Waals surface area contributed by atoms with Crippen LogP contribution >= 0.6 is 0 Å². The topological polar surface area (TPSA) is 69.1 Å². The largest absolute Gasteiger partial charge is 0.432 e. The van der Waals surface area contributed by atoms with Gasteiger partial charge in [0.1, 0.15) is 0 Å². The van der Waals surface area contributed by atoms with Gasteiger partial charge in [-0.15, -0.1) is 0 Å². The van der Waals surface area contributed by atoms with Crippen molar-refractivity contribution in [2.24, 2.45) is 5.73 Å². The van der Waals surface area contributed by atoms with Crippen LogP contribution in [0.15, 0.2) is 22.7 Å². The lowest BCUT2D eigenvalue weighted by Crippen LogP contribution is -2.10. The molecule has 0 saturated carbocycles. The normalized spacial score (nSPS) is 10.5. The summed E-state index contributed by atoms with van der Waals surface area (Å²) >= 11 is 0. The highest BCUT2D eigenvalue weighted by molar-refractivity contribution is 5.97. The zero-order chi connectivity index (χ0) is 9.42. The second-order valence-corrected chi connectivity index (χ2v) is 2.78. The van der Waals surface area contributed by atoms with Gasteiger partial charge in [-0.2, -0.15) is 0 Å². The van der Waals surface area contributed by atoms with Crippen LogP contribution in [-0.2, 0) is 0 Å². The summed E-state index contributed by atoms with van der Waals surface area (Å²) in [6, 6.07) is 3.63. The molecular formula is C9H8N2O2. The minimum atomic E-state index is -0.560. The Balaban J connectivity index is 2.81. The third-order valence-electron chi connectivity index (χ3n) is 1.94. The molecule has 0 atom stereocenters. The van der Waals surface area contributed by atoms with E-state index < -0.39 is 5.91 Å². The van der Waals surface area contributed by atoms with Crippen LogP contribution in [0.4, 0.5) is 0 Å². The zero-order valence-corrected chi connectivity index (χ0v) is 7.07. The summed E-state index contributed by atoms with van der Waals surface area (Å²) in [5.41, 5.74) is 6.32. The molecule has 0 saturated heterocycles. The lowest BCUT2D eigenvalue weighted by molar-refractivity contribution is 0.0975. The molecule has 0 radical (unpaired) electrons. The number of rotatable bonds is 1. The van der Waals surface area contributed by atoms with Crippen molar-refractivity contribution < 1.29 is 9.21 Å². The second-order valence-electron chi connectivity index (χ2n) is 2.78. The van der Waals surface area contributed by atoms with E-state index in [9.17, 15) is 4.79 Å². The molecule has 0 bridgehead atoms. The van der Waals surface area contributed by atoms with Gasteiger partial charge in [0.2, 0.25) is 5.71 Å². The summed E-state index contributed by atoms with van der Waals surface area (Å²) < 4.78 is 5.17. The summed E-state index contributed by atoms with van der Waals surface area (Å²) in [6.07, 6.45) is 1.61. The fourth-order valence-electron chi connectivity index (χ4n) is 1.29. The fraction of sp³-hybridized carbons (Fsp3) is 0.111. The van der Waals surface area contributed by atoms with Gasteiger partial charge in [0.15, 0.2) is 5.76 Å². The van der Waals surface area contributed by atoms with Crippen molar-refractivity contribution in [1.29, 1.82) is 0 Å². The van der Waals surface area contributed by atoms with Gasteiger partial charge in [-0.3, -0.25) is 4.79 Å². The molecule has 0 aliphatic carbocycles. The van der Waals surface area contributed by atoms with Crippen LogP contribution < -0.4 is 5.73 Å². The SMILES string of the molecule is Cc1c(C(N)=O)oc2ncccc12. The molecule has 4 heteroatoms. The highest BCUT2D eigenvalue weighted by Crippen LogP contribution is 2.22. The number of nitrogens with zero attached hydrogens (tertiary/aromatic N) is 1. The van der Waals surface area contributed by atoms with Gasteiger partial charge in [-0.05, 0) is 19.1 Å². The first-order valence-corrected chi connectivity index (χ1v) is 3.84. The lowest BCUT2D eigenvalue weighted by atomic mass is 10.2. The van der Waals surface area contributed by atoms with E-state index in [1.165, 1.54) is 0 Å². The van der Waals surface area contributed by atoms with Gasteiger partial charge in [-0.1, -0.05) is 0 Å². The molecule has 0 unspecified atom stereocenters. The Kier molecular flexibility index (Phi) is 1.55. The fourth-order valence-corrected chi connectivity index (χ4v) is 1.29. The number of fused-ring (bicyclic) bond motifs is 1. The molecule has 2 heterocycles. The average molecular weight is 176 g/mol. The third-order valence-corrected chi connectivity index (χ3v) is 1.94. The molecule has 2 aromatic rings. The van der Waals surface area contributed by atoms with Crippen molar-refractivity contribution in [3.8, 4) is 0 Å². The van der Waals surface area contributed by atoms with Crippen LogP contribution in [-0.4, -0.2) is 10.9 Å². The van der Waals surface area contributed by atoms with Crippen LogP contribution in [0.25, 0.3) is 11.1 Å². The minimum absolute atomic E-state index is 0.189. The molecule has 0 aliphatic heterocycles. The Hall–Kier alpha value is -1.84. The van der Waals surface area contributed by atoms with E-state index in [4.69, 9.17) is 10.2 Å². The number of carbonyl (C=O) groups is 1. The quantitative estimate of drug-likeness (QED) is 0.710. The zero-order valence-electron chi connectivity index (χ0n) is 7.07. The molecule has 13 heavy (non-hydrogen) atoms. The van der Waals surface area contributed by atoms with Crippen LogP contribution in [0.1, 0.15) is 16.1 Å². The number of hydrogen-bond acceptors (Lipinski definition) is 3. The Bertz CT molecular complexity index is 473. The number of hydrogen-bond donors (Lipinski definition) is 1. The number of amides is 1. The number of pyridine rings is 1. The van der Waals surface area contributed by atoms with E-state index >= 15 is 0 Å². The summed E-state index contributed by atoms with van der Waals surface area (Å²) in [4.78, 5) is 14.9. The maximum atomic E-state index is 10.9. The molecule has 1 amide bonds. The van der Waals surface area contributed by atoms with E-state index in [-0.39, 0.29) is 5.76 Å². The van der Waals surface area contributed by atoms with Gasteiger partial charge >= 0.3 is 0 Å². The van der Waals surface area contributed by atoms with Crippen molar-refractivity contribution in [3.63, 3.8) is 0 Å². The maximum Gasteiger partial charge on any atom is 0.284 e. The molecule has 0 aliphatic rings. The van der Waals surface area contributed by atoms with Crippen molar-refractivity contribution in [2.45, 2.75) is 6.92 Å². The summed E-state index contributed by atoms with van der Waals surface area (Å²) in [5.74, 6) is -0.371. The van der Waals surface area contributed by atoms with Gasteiger partial charge in [0.05, 0.1) is 0 Å². The number of nitrogens with two attached hydrogens (primary N) is 1. The van der Waals surface area contributed by atoms with Crippen LogP contribution in [0, 0.1) is 6.92 Å². The van der Waals surface area contributed by atoms with Gasteiger partial charge in [-0.25, -0.2) is 4.98 Å². The van der Waals surface area contributed by atoms with Crippen molar-refractivity contribution in [1.82, 2.24) is 4.98 Å². The summed E-state index contributed by atoms with van der Waals surface area (Å²) in [6.45, 7) is 1.79. The van der Waals surface area contributed by atoms with E-state index in [0.29, 0.717) is 5.71 Å². The van der Waals surface area contributed by atoms with Crippen LogP contribution in [0.2, 0.25) is 0 Å². The Morgan fingerprint density at radius 3 is 3.00 bits per heavy atom. The molecular weight excluding hydrogens is 168 g/mol. The van der Waals surface area contributed by atoms with Crippen molar-refractivity contribution in [2.75, 3.05) is 0 Å². The molecule has 66 valence electrons. The summed E-state index contributed by atoms with van der Waals surface area (Å²) in [7, 11) is 0. The first-order valence-electron chi connectivity index (χ1n) is 3.84. The first kappa shape index (κ1) is 7.79. The van der Waals surface area contributed by atoms with Gasteiger partial charge in [0, 0.05) is 17.1 Å². The molecule has 0 aromatic carbocycles. The van der Waals surface area contributed by atoms with Gasteiger partial charge < -0.3 is 10.2 Å². The number of primary amides is 1. The Morgan fingerprint density at radius 1 is 1.62 bits per heavy atom. The predicted octanol–water partition coefficient (Wildman–Crippen LogP) is 1.24. The molecule has 0 spiro atoms. The van der Waals surface area contributed by atoms with E-state index in [0.717, 1.165) is 10.9 Å². The van der Waals surface area contributed by atoms with E-state index in [2.05, 4.69) is 4.98 Å². The van der Waals surface area contributed by atoms with Crippen LogP contribution in [0.3, 0.4) is 0 Å².